The average molecular weight is 156 g/mol. The molecule has 2 fully saturated rings. The summed E-state index contributed by atoms with van der Waals surface area (Å²) in [6.07, 6.45) is 0. The lowest BCUT2D eigenvalue weighted by Crippen LogP contribution is -2.59. The van der Waals surface area contributed by atoms with E-state index in [-0.39, 0.29) is 0 Å². The number of fused-ring (bicyclic) bond motifs is 1. The molecule has 0 aromatic rings. The van der Waals surface area contributed by atoms with Crippen molar-refractivity contribution in [3.63, 3.8) is 0 Å². The third-order valence-corrected chi connectivity index (χ3v) is 2.56. The SMILES string of the molecule is CC1CN2CCOCC2CN1. The smallest absolute Gasteiger partial charge is 0.0634 e. The number of hydrogen-bond donors (Lipinski definition) is 1. The fourth-order valence-corrected chi connectivity index (χ4v) is 1.87. The molecule has 2 rings (SSSR count). The van der Waals surface area contributed by atoms with E-state index in [0.717, 1.165) is 26.3 Å². The van der Waals surface area contributed by atoms with Crippen molar-refractivity contribution in [2.75, 3.05) is 32.8 Å². The van der Waals surface area contributed by atoms with Gasteiger partial charge in [0.25, 0.3) is 0 Å². The Morgan fingerprint density at radius 2 is 2.45 bits per heavy atom. The van der Waals surface area contributed by atoms with Crippen molar-refractivity contribution in [2.45, 2.75) is 19.0 Å². The van der Waals surface area contributed by atoms with Crippen LogP contribution in [0.4, 0.5) is 0 Å². The second-order valence-electron chi connectivity index (χ2n) is 3.53. The number of ether oxygens (including phenoxy) is 1. The van der Waals surface area contributed by atoms with Gasteiger partial charge in [-0.2, -0.15) is 0 Å². The van der Waals surface area contributed by atoms with Gasteiger partial charge in [0.2, 0.25) is 0 Å². The molecule has 3 nitrogen and oxygen atoms in total. The van der Waals surface area contributed by atoms with Gasteiger partial charge in [-0.25, -0.2) is 0 Å². The van der Waals surface area contributed by atoms with Crippen LogP contribution in [-0.2, 0) is 4.74 Å². The number of morpholine rings is 1. The highest BCUT2D eigenvalue weighted by Gasteiger charge is 2.27. The maximum absolute atomic E-state index is 5.39. The Morgan fingerprint density at radius 1 is 1.55 bits per heavy atom. The van der Waals surface area contributed by atoms with Crippen LogP contribution in [0.5, 0.6) is 0 Å². The van der Waals surface area contributed by atoms with Crippen LogP contribution in [0, 0.1) is 0 Å². The van der Waals surface area contributed by atoms with Crippen LogP contribution < -0.4 is 5.32 Å². The largest absolute Gasteiger partial charge is 0.378 e. The molecule has 2 heterocycles. The van der Waals surface area contributed by atoms with E-state index in [0.29, 0.717) is 12.1 Å². The van der Waals surface area contributed by atoms with E-state index in [9.17, 15) is 0 Å². The summed E-state index contributed by atoms with van der Waals surface area (Å²) in [6.45, 7) is 7.49. The Morgan fingerprint density at radius 3 is 3.36 bits per heavy atom. The highest BCUT2D eigenvalue weighted by molar-refractivity contribution is 4.85. The van der Waals surface area contributed by atoms with Gasteiger partial charge < -0.3 is 10.1 Å². The standard InChI is InChI=1S/C8H16N2O/c1-7-5-10-2-3-11-6-8(10)4-9-7/h7-9H,2-6H2,1H3. The molecule has 0 aliphatic carbocycles. The van der Waals surface area contributed by atoms with Crippen molar-refractivity contribution in [3.8, 4) is 0 Å². The fraction of sp³-hybridized carbons (Fsp3) is 1.00. The van der Waals surface area contributed by atoms with Crippen LogP contribution in [0.2, 0.25) is 0 Å². The molecule has 0 radical (unpaired) electrons. The van der Waals surface area contributed by atoms with Crippen molar-refractivity contribution in [2.24, 2.45) is 0 Å². The maximum atomic E-state index is 5.39. The maximum Gasteiger partial charge on any atom is 0.0634 e. The normalized spacial score (nSPS) is 40.1. The minimum absolute atomic E-state index is 0.639. The lowest BCUT2D eigenvalue weighted by atomic mass is 10.1. The molecular formula is C8H16N2O. The molecule has 1 N–H and O–H groups in total. The molecule has 2 atom stereocenters. The highest BCUT2D eigenvalue weighted by Crippen LogP contribution is 2.10. The van der Waals surface area contributed by atoms with Gasteiger partial charge in [0.1, 0.15) is 0 Å². The minimum Gasteiger partial charge on any atom is -0.378 e. The predicted octanol–water partition coefficient (Wildman–Crippen LogP) is -0.321. The Bertz CT molecular complexity index is 140. The zero-order valence-corrected chi connectivity index (χ0v) is 7.05. The summed E-state index contributed by atoms with van der Waals surface area (Å²) in [4.78, 5) is 2.53. The molecule has 2 aliphatic heterocycles. The van der Waals surface area contributed by atoms with E-state index in [1.807, 2.05) is 0 Å². The molecule has 0 amide bonds. The van der Waals surface area contributed by atoms with Crippen molar-refractivity contribution in [3.05, 3.63) is 0 Å². The van der Waals surface area contributed by atoms with Crippen LogP contribution in [0.1, 0.15) is 6.92 Å². The Kier molecular flexibility index (Phi) is 2.11. The molecule has 11 heavy (non-hydrogen) atoms. The molecule has 2 unspecified atom stereocenters. The Labute approximate surface area is 67.7 Å². The first-order valence-electron chi connectivity index (χ1n) is 4.41. The Hall–Kier alpha value is -0.120. The van der Waals surface area contributed by atoms with Gasteiger partial charge in [-0.1, -0.05) is 0 Å². The van der Waals surface area contributed by atoms with Crippen molar-refractivity contribution < 1.29 is 4.74 Å². The van der Waals surface area contributed by atoms with Gasteiger partial charge in [-0.05, 0) is 6.92 Å². The second kappa shape index (κ2) is 3.09. The van der Waals surface area contributed by atoms with Crippen LogP contribution >= 0.6 is 0 Å². The van der Waals surface area contributed by atoms with Crippen molar-refractivity contribution >= 4 is 0 Å². The first kappa shape index (κ1) is 7.53. The molecule has 2 aliphatic rings. The number of hydrogen-bond acceptors (Lipinski definition) is 3. The first-order valence-corrected chi connectivity index (χ1v) is 4.41. The second-order valence-corrected chi connectivity index (χ2v) is 3.53. The topological polar surface area (TPSA) is 24.5 Å². The van der Waals surface area contributed by atoms with Crippen molar-refractivity contribution in [1.82, 2.24) is 10.2 Å². The van der Waals surface area contributed by atoms with Crippen LogP contribution in [0.3, 0.4) is 0 Å². The van der Waals surface area contributed by atoms with Gasteiger partial charge in [0, 0.05) is 31.7 Å². The van der Waals surface area contributed by atoms with E-state index in [2.05, 4.69) is 17.1 Å². The minimum atomic E-state index is 0.639. The number of piperazine rings is 1. The molecule has 0 aromatic heterocycles. The van der Waals surface area contributed by atoms with Gasteiger partial charge in [-0.15, -0.1) is 0 Å². The van der Waals surface area contributed by atoms with E-state index >= 15 is 0 Å². The van der Waals surface area contributed by atoms with Crippen molar-refractivity contribution in [1.29, 1.82) is 0 Å². The van der Waals surface area contributed by atoms with Crippen LogP contribution in [0.25, 0.3) is 0 Å². The van der Waals surface area contributed by atoms with Crippen LogP contribution in [-0.4, -0.2) is 49.8 Å². The van der Waals surface area contributed by atoms with E-state index in [1.165, 1.54) is 6.54 Å². The molecular weight excluding hydrogens is 140 g/mol. The predicted molar refractivity (Wildman–Crippen MR) is 43.6 cm³/mol. The summed E-state index contributed by atoms with van der Waals surface area (Å²) < 4.78 is 5.39. The number of nitrogens with one attached hydrogen (secondary N) is 1. The molecule has 64 valence electrons. The summed E-state index contributed by atoms with van der Waals surface area (Å²) in [5.74, 6) is 0. The molecule has 0 bridgehead atoms. The third-order valence-electron chi connectivity index (χ3n) is 2.56. The van der Waals surface area contributed by atoms with E-state index < -0.39 is 0 Å². The van der Waals surface area contributed by atoms with Crippen LogP contribution in [0.15, 0.2) is 0 Å². The summed E-state index contributed by atoms with van der Waals surface area (Å²) >= 11 is 0. The number of rotatable bonds is 0. The van der Waals surface area contributed by atoms with Gasteiger partial charge in [0.05, 0.1) is 13.2 Å². The first-order chi connectivity index (χ1) is 5.36. The zero-order chi connectivity index (χ0) is 7.68. The molecule has 3 heteroatoms. The van der Waals surface area contributed by atoms with Gasteiger partial charge >= 0.3 is 0 Å². The van der Waals surface area contributed by atoms with Gasteiger partial charge in [0.15, 0.2) is 0 Å². The molecule has 0 spiro atoms. The average Bonchev–Trinajstić information content (AvgIpc) is 2.04. The van der Waals surface area contributed by atoms with Gasteiger partial charge in [-0.3, -0.25) is 4.90 Å². The quantitative estimate of drug-likeness (QED) is 0.520. The third kappa shape index (κ3) is 1.55. The lowest BCUT2D eigenvalue weighted by molar-refractivity contribution is -0.0244. The van der Waals surface area contributed by atoms with E-state index in [1.54, 1.807) is 0 Å². The van der Waals surface area contributed by atoms with E-state index in [4.69, 9.17) is 4.74 Å². The molecule has 0 saturated carbocycles. The fourth-order valence-electron chi connectivity index (χ4n) is 1.87. The summed E-state index contributed by atoms with van der Waals surface area (Å²) in [6, 6.07) is 1.30. The zero-order valence-electron chi connectivity index (χ0n) is 7.05. The summed E-state index contributed by atoms with van der Waals surface area (Å²) in [5.41, 5.74) is 0. The number of nitrogens with zero attached hydrogens (tertiary/aromatic N) is 1. The monoisotopic (exact) mass is 156 g/mol. The lowest BCUT2D eigenvalue weighted by Gasteiger charge is -2.41. The summed E-state index contributed by atoms with van der Waals surface area (Å²) in [5, 5.41) is 3.46. The molecule has 2 saturated heterocycles. The molecule has 0 aromatic carbocycles. The Balaban J connectivity index is 1.93. The highest BCUT2D eigenvalue weighted by atomic mass is 16.5. The summed E-state index contributed by atoms with van der Waals surface area (Å²) in [7, 11) is 0.